The van der Waals surface area contributed by atoms with Gasteiger partial charge in [-0.05, 0) is 0 Å². The first-order valence-electron chi connectivity index (χ1n) is 8.62. The fourth-order valence-electron chi connectivity index (χ4n) is 2.87. The summed E-state index contributed by atoms with van der Waals surface area (Å²) in [5, 5.41) is 15.3. The third-order valence-corrected chi connectivity index (χ3v) is 4.24. The van der Waals surface area contributed by atoms with E-state index in [1.165, 1.54) is 17.0 Å². The molecule has 1 aliphatic heterocycles. The third-order valence-electron chi connectivity index (χ3n) is 4.24. The lowest BCUT2D eigenvalue weighted by atomic mass is 10.1. The van der Waals surface area contributed by atoms with Gasteiger partial charge in [-0.15, -0.1) is 5.10 Å². The molecule has 2 aromatic rings. The molecule has 0 aromatic carbocycles. The summed E-state index contributed by atoms with van der Waals surface area (Å²) in [5.74, 6) is -2.29. The number of hydrogen-bond donors (Lipinski definition) is 3. The molecule has 0 radical (unpaired) electrons. The molecule has 1 amide bonds. The van der Waals surface area contributed by atoms with Crippen molar-refractivity contribution in [3.05, 3.63) is 16.5 Å². The number of hydrogen-bond acceptors (Lipinski definition) is 8. The molecule has 0 bridgehead atoms. The van der Waals surface area contributed by atoms with Crippen LogP contribution in [0, 0.1) is 5.92 Å². The molecule has 1 unspecified atom stereocenters. The van der Waals surface area contributed by atoms with Crippen LogP contribution in [-0.4, -0.2) is 52.9 Å². The van der Waals surface area contributed by atoms with Crippen molar-refractivity contribution in [2.75, 3.05) is 25.5 Å². The summed E-state index contributed by atoms with van der Waals surface area (Å²) < 4.78 is 48.3. The van der Waals surface area contributed by atoms with Crippen LogP contribution in [0.4, 0.5) is 24.9 Å². The number of aliphatic imine (C=N–C) groups is 1. The second-order valence-electron chi connectivity index (χ2n) is 6.39. The minimum atomic E-state index is -4.96. The number of aliphatic hydroxyl groups excluding tert-OH is 1. The molecule has 29 heavy (non-hydrogen) atoms. The second-order valence-corrected chi connectivity index (χ2v) is 6.39. The van der Waals surface area contributed by atoms with Crippen LogP contribution in [0.2, 0.25) is 0 Å². The van der Waals surface area contributed by atoms with Crippen molar-refractivity contribution in [1.82, 2.24) is 15.1 Å². The van der Waals surface area contributed by atoms with Gasteiger partial charge in [0.15, 0.2) is 17.9 Å². The smallest absolute Gasteiger partial charge is 0.406 e. The molecule has 13 heteroatoms. The molecule has 1 fully saturated rings. The Bertz CT molecular complexity index is 984. The highest BCUT2D eigenvalue weighted by Crippen LogP contribution is 2.33. The fourth-order valence-corrected chi connectivity index (χ4v) is 2.87. The Morgan fingerprint density at radius 2 is 2.28 bits per heavy atom. The van der Waals surface area contributed by atoms with Crippen molar-refractivity contribution >= 4 is 34.7 Å². The van der Waals surface area contributed by atoms with Crippen molar-refractivity contribution in [1.29, 1.82) is 0 Å². The largest absolute Gasteiger partial charge is 0.471 e. The zero-order chi connectivity index (χ0) is 21.2. The van der Waals surface area contributed by atoms with Crippen LogP contribution in [0.25, 0.3) is 10.9 Å². The summed E-state index contributed by atoms with van der Waals surface area (Å²) in [4.78, 5) is 27.0. The molecule has 2 aromatic heterocycles. The first-order chi connectivity index (χ1) is 13.7. The highest BCUT2D eigenvalue weighted by atomic mass is 19.4. The van der Waals surface area contributed by atoms with Crippen molar-refractivity contribution in [3.8, 4) is 0 Å². The molecule has 4 N–H and O–H groups in total. The number of nitrogens with zero attached hydrogens (tertiary/aromatic N) is 3. The van der Waals surface area contributed by atoms with Crippen molar-refractivity contribution in [2.24, 2.45) is 10.9 Å². The van der Waals surface area contributed by atoms with Gasteiger partial charge < -0.3 is 25.3 Å². The number of carbonyl (C=O) groups excluding carboxylic acids is 1. The van der Waals surface area contributed by atoms with E-state index in [0.29, 0.717) is 18.5 Å². The first kappa shape index (κ1) is 20.8. The SMILES string of the molecule is Nc1cc2c(c(N=CCCNC(=O)C(F)(F)F)nn2[C@H]2CC(CO)CO2)c(=O)o1. The number of carbonyl (C=O) groups is 1. The van der Waals surface area contributed by atoms with Gasteiger partial charge in [0.05, 0.1) is 12.1 Å². The predicted molar refractivity (Wildman–Crippen MR) is 94.7 cm³/mol. The molecule has 2 atom stereocenters. The van der Waals surface area contributed by atoms with E-state index in [1.807, 2.05) is 0 Å². The number of amides is 1. The van der Waals surface area contributed by atoms with E-state index in [0.717, 1.165) is 0 Å². The Hall–Kier alpha value is -2.93. The zero-order valence-electron chi connectivity index (χ0n) is 15.0. The topological polar surface area (TPSA) is 145 Å². The van der Waals surface area contributed by atoms with Crippen LogP contribution < -0.4 is 16.7 Å². The maximum Gasteiger partial charge on any atom is 0.471 e. The number of ether oxygens (including phenoxy) is 1. The van der Waals surface area contributed by atoms with E-state index >= 15 is 0 Å². The predicted octanol–water partition coefficient (Wildman–Crippen LogP) is 0.870. The molecule has 1 saturated heterocycles. The fraction of sp³-hybridized carbons (Fsp3) is 0.500. The molecule has 0 saturated carbocycles. The number of halogens is 3. The molecule has 3 heterocycles. The highest BCUT2D eigenvalue weighted by molar-refractivity contribution is 5.90. The third kappa shape index (κ3) is 4.56. The monoisotopic (exact) mass is 417 g/mol. The molecule has 10 nitrogen and oxygen atoms in total. The minimum absolute atomic E-state index is 0.0213. The molecular formula is C16H18F3N5O5. The average Bonchev–Trinajstić information content (AvgIpc) is 3.25. The van der Waals surface area contributed by atoms with Crippen molar-refractivity contribution < 1.29 is 32.2 Å². The first-order valence-corrected chi connectivity index (χ1v) is 8.62. The average molecular weight is 417 g/mol. The van der Waals surface area contributed by atoms with Crippen molar-refractivity contribution in [3.63, 3.8) is 0 Å². The number of fused-ring (bicyclic) bond motifs is 1. The molecule has 3 rings (SSSR count). The van der Waals surface area contributed by atoms with Crippen LogP contribution in [0.1, 0.15) is 19.1 Å². The number of alkyl halides is 3. The number of nitrogens with one attached hydrogen (secondary N) is 1. The Labute approximate surface area is 161 Å². The summed E-state index contributed by atoms with van der Waals surface area (Å²) >= 11 is 0. The zero-order valence-corrected chi connectivity index (χ0v) is 15.0. The molecule has 0 aliphatic carbocycles. The highest BCUT2D eigenvalue weighted by Gasteiger charge is 2.38. The Kier molecular flexibility index (Phi) is 5.88. The van der Waals surface area contributed by atoms with Gasteiger partial charge in [0.1, 0.15) is 5.39 Å². The molecule has 1 aliphatic rings. The lowest BCUT2D eigenvalue weighted by molar-refractivity contribution is -0.173. The Morgan fingerprint density at radius 3 is 2.93 bits per heavy atom. The maximum absolute atomic E-state index is 12.2. The van der Waals surface area contributed by atoms with E-state index in [2.05, 4.69) is 10.1 Å². The second kappa shape index (κ2) is 8.21. The van der Waals surface area contributed by atoms with Gasteiger partial charge in [0.2, 0.25) is 0 Å². The Balaban J connectivity index is 1.81. The lowest BCUT2D eigenvalue weighted by Crippen LogP contribution is -2.37. The van der Waals surface area contributed by atoms with Crippen LogP contribution in [-0.2, 0) is 9.53 Å². The van der Waals surface area contributed by atoms with Gasteiger partial charge in [0.25, 0.3) is 0 Å². The summed E-state index contributed by atoms with van der Waals surface area (Å²) in [7, 11) is 0. The van der Waals surface area contributed by atoms with E-state index in [1.54, 1.807) is 5.32 Å². The van der Waals surface area contributed by atoms with E-state index in [4.69, 9.17) is 14.9 Å². The van der Waals surface area contributed by atoms with Gasteiger partial charge in [0, 0.05) is 44.2 Å². The van der Waals surface area contributed by atoms with E-state index in [-0.39, 0.29) is 42.6 Å². The van der Waals surface area contributed by atoms with Crippen LogP contribution in [0.3, 0.4) is 0 Å². The lowest BCUT2D eigenvalue weighted by Gasteiger charge is -2.11. The van der Waals surface area contributed by atoms with Gasteiger partial charge in [-0.1, -0.05) is 0 Å². The summed E-state index contributed by atoms with van der Waals surface area (Å²) in [5.41, 5.74) is 5.14. The summed E-state index contributed by atoms with van der Waals surface area (Å²) in [6.07, 6.45) is -3.85. The number of anilines is 1. The maximum atomic E-state index is 12.2. The summed E-state index contributed by atoms with van der Waals surface area (Å²) in [6, 6.07) is 1.39. The van der Waals surface area contributed by atoms with Crippen molar-refractivity contribution in [2.45, 2.75) is 25.2 Å². The van der Waals surface area contributed by atoms with Crippen LogP contribution >= 0.6 is 0 Å². The van der Waals surface area contributed by atoms with E-state index < -0.39 is 23.9 Å². The van der Waals surface area contributed by atoms with Gasteiger partial charge >= 0.3 is 17.7 Å². The van der Waals surface area contributed by atoms with E-state index in [9.17, 15) is 27.9 Å². The number of aliphatic hydroxyl groups is 1. The van der Waals surface area contributed by atoms with Crippen LogP contribution in [0.15, 0.2) is 20.3 Å². The van der Waals surface area contributed by atoms with Gasteiger partial charge in [-0.25, -0.2) is 14.5 Å². The minimum Gasteiger partial charge on any atom is -0.406 e. The Morgan fingerprint density at radius 1 is 1.52 bits per heavy atom. The molecular weight excluding hydrogens is 399 g/mol. The number of nitrogen functional groups attached to an aromatic ring is 1. The van der Waals surface area contributed by atoms with Gasteiger partial charge in [-0.3, -0.25) is 4.79 Å². The number of rotatable bonds is 6. The quantitative estimate of drug-likeness (QED) is 0.467. The van der Waals surface area contributed by atoms with Gasteiger partial charge in [-0.2, -0.15) is 13.2 Å². The molecule has 0 spiro atoms. The molecule has 158 valence electrons. The number of nitrogens with two attached hydrogens (primary N) is 1. The normalized spacial score (nSPS) is 20.0. The van der Waals surface area contributed by atoms with Crippen LogP contribution in [0.5, 0.6) is 0 Å². The summed E-state index contributed by atoms with van der Waals surface area (Å²) in [6.45, 7) is -0.0441. The number of aromatic nitrogens is 2. The standard InChI is InChI=1S/C16H18F3N5O5/c17-16(18,19)15(27)22-3-1-2-21-13-12-9(5-10(20)29-14(12)26)24(23-13)11-4-8(6-25)7-28-11/h2,5,8,11,25H,1,3-4,6-7,20H2,(H,22,27)/t8?,11-/m1/s1.